The molecule has 0 aliphatic heterocycles. The highest BCUT2D eigenvalue weighted by Crippen LogP contribution is 2.42. The van der Waals surface area contributed by atoms with E-state index in [4.69, 9.17) is 9.97 Å². The highest BCUT2D eigenvalue weighted by atomic mass is 14.8. The zero-order valence-corrected chi connectivity index (χ0v) is 30.5. The fourth-order valence-corrected chi connectivity index (χ4v) is 7.81. The van der Waals surface area contributed by atoms with E-state index in [1.807, 2.05) is 0 Å². The Kier molecular flexibility index (Phi) is 9.63. The second-order valence-electron chi connectivity index (χ2n) is 13.4. The van der Waals surface area contributed by atoms with Gasteiger partial charge in [-0.3, -0.25) is 0 Å². The maximum absolute atomic E-state index is 5.65. The number of benzene rings is 5. The third-order valence-electron chi connectivity index (χ3n) is 10.5. The van der Waals surface area contributed by atoms with Crippen molar-refractivity contribution < 1.29 is 0 Å². The summed E-state index contributed by atoms with van der Waals surface area (Å²) in [5, 5.41) is 2.26. The molecule has 2 heterocycles. The average molecular weight is 653 g/mol. The molecule has 7 aromatic rings. The van der Waals surface area contributed by atoms with E-state index >= 15 is 0 Å². The fourth-order valence-electron chi connectivity index (χ4n) is 7.81. The van der Waals surface area contributed by atoms with Crippen LogP contribution in [0.15, 0.2) is 109 Å². The summed E-state index contributed by atoms with van der Waals surface area (Å²) in [6.07, 6.45) is 5.89. The SMILES string of the molecule is CCc1cc(CC)c(-c2cc(-c3ccccc3)c3ccc4c(-c5ccccc5)cc(-c5c(CC)cc(CC)cc5CC)nc4c3n2)c(CC)c1. The number of hydrogen-bond acceptors (Lipinski definition) is 2. The third kappa shape index (κ3) is 6.02. The first-order valence-electron chi connectivity index (χ1n) is 18.7. The molecule has 2 heteroatoms. The smallest absolute Gasteiger partial charge is 0.0978 e. The van der Waals surface area contributed by atoms with Gasteiger partial charge in [-0.1, -0.05) is 139 Å². The lowest BCUT2D eigenvalue weighted by molar-refractivity contribution is 1.04. The quantitative estimate of drug-likeness (QED) is 0.137. The number of fused-ring (bicyclic) bond motifs is 3. The van der Waals surface area contributed by atoms with Gasteiger partial charge in [-0.15, -0.1) is 0 Å². The van der Waals surface area contributed by atoms with Crippen molar-refractivity contribution in [3.63, 3.8) is 0 Å². The van der Waals surface area contributed by atoms with E-state index in [1.165, 1.54) is 66.8 Å². The molecular formula is C48H48N2. The number of aryl methyl sites for hydroxylation is 6. The molecule has 250 valence electrons. The van der Waals surface area contributed by atoms with Crippen LogP contribution < -0.4 is 0 Å². The highest BCUT2D eigenvalue weighted by molar-refractivity contribution is 6.13. The van der Waals surface area contributed by atoms with Crippen LogP contribution in [0.3, 0.4) is 0 Å². The first-order valence-corrected chi connectivity index (χ1v) is 18.7. The van der Waals surface area contributed by atoms with E-state index in [9.17, 15) is 0 Å². The van der Waals surface area contributed by atoms with Crippen molar-refractivity contribution in [2.75, 3.05) is 0 Å². The molecule has 0 fully saturated rings. The predicted octanol–water partition coefficient (Wildman–Crippen LogP) is 12.8. The van der Waals surface area contributed by atoms with Crippen LogP contribution in [-0.2, 0) is 38.5 Å². The minimum absolute atomic E-state index is 0.958. The zero-order valence-electron chi connectivity index (χ0n) is 30.5. The van der Waals surface area contributed by atoms with Gasteiger partial charge in [-0.25, -0.2) is 9.97 Å². The number of pyridine rings is 2. The van der Waals surface area contributed by atoms with Gasteiger partial charge in [0.05, 0.1) is 22.4 Å². The van der Waals surface area contributed by atoms with Gasteiger partial charge in [0.15, 0.2) is 0 Å². The summed E-state index contributed by atoms with van der Waals surface area (Å²) in [6, 6.07) is 40.4. The molecule has 7 rings (SSSR count). The van der Waals surface area contributed by atoms with Crippen LogP contribution in [0, 0.1) is 0 Å². The fraction of sp³-hybridized carbons (Fsp3) is 0.250. The first kappa shape index (κ1) is 33.4. The third-order valence-corrected chi connectivity index (χ3v) is 10.5. The topological polar surface area (TPSA) is 25.8 Å². The molecule has 2 aromatic heterocycles. The number of rotatable bonds is 10. The lowest BCUT2D eigenvalue weighted by atomic mass is 9.88. The summed E-state index contributed by atoms with van der Waals surface area (Å²) >= 11 is 0. The molecule has 0 spiro atoms. The summed E-state index contributed by atoms with van der Waals surface area (Å²) in [5.41, 5.74) is 19.6. The van der Waals surface area contributed by atoms with E-state index in [2.05, 4.69) is 151 Å². The lowest BCUT2D eigenvalue weighted by Crippen LogP contribution is -2.02. The average Bonchev–Trinajstić information content (AvgIpc) is 3.19. The molecule has 0 aliphatic rings. The van der Waals surface area contributed by atoms with Gasteiger partial charge in [0.25, 0.3) is 0 Å². The van der Waals surface area contributed by atoms with Crippen molar-refractivity contribution in [2.24, 2.45) is 0 Å². The standard InChI is InChI=1S/C48H48N2/c1-7-31-25-33(9-3)45(34(10-4)26-31)43-29-41(37-19-15-13-16-20-37)39-23-24-40-42(38-21-17-14-18-22-38)30-44(50-48(40)47(39)49-43)46-35(11-5)27-32(8-2)28-36(46)12-6/h13-30H,7-12H2,1-6H3. The molecule has 50 heavy (non-hydrogen) atoms. The first-order chi connectivity index (χ1) is 24.5. The second kappa shape index (κ2) is 14.4. The highest BCUT2D eigenvalue weighted by Gasteiger charge is 2.21. The van der Waals surface area contributed by atoms with Crippen LogP contribution in [0.5, 0.6) is 0 Å². The Labute approximate surface area is 298 Å². The second-order valence-corrected chi connectivity index (χ2v) is 13.4. The predicted molar refractivity (Wildman–Crippen MR) is 215 cm³/mol. The van der Waals surface area contributed by atoms with Crippen molar-refractivity contribution in [1.29, 1.82) is 0 Å². The van der Waals surface area contributed by atoms with Gasteiger partial charge in [-0.2, -0.15) is 0 Å². The van der Waals surface area contributed by atoms with E-state index in [-0.39, 0.29) is 0 Å². The van der Waals surface area contributed by atoms with Gasteiger partial charge < -0.3 is 0 Å². The summed E-state index contributed by atoms with van der Waals surface area (Å²) in [5.74, 6) is 0. The van der Waals surface area contributed by atoms with Gasteiger partial charge in [0.2, 0.25) is 0 Å². The zero-order chi connectivity index (χ0) is 34.8. The Balaban J connectivity index is 1.65. The molecule has 0 amide bonds. The van der Waals surface area contributed by atoms with Crippen molar-refractivity contribution in [3.8, 4) is 44.8 Å². The van der Waals surface area contributed by atoms with Gasteiger partial charge in [0, 0.05) is 21.9 Å². The van der Waals surface area contributed by atoms with Gasteiger partial charge >= 0.3 is 0 Å². The summed E-state index contributed by atoms with van der Waals surface area (Å²) < 4.78 is 0. The molecule has 0 bridgehead atoms. The Morgan fingerprint density at radius 2 is 0.720 bits per heavy atom. The van der Waals surface area contributed by atoms with Gasteiger partial charge in [0.1, 0.15) is 0 Å². The van der Waals surface area contributed by atoms with E-state index < -0.39 is 0 Å². The molecular weight excluding hydrogens is 605 g/mol. The lowest BCUT2D eigenvalue weighted by Gasteiger charge is -2.20. The summed E-state index contributed by atoms with van der Waals surface area (Å²) in [4.78, 5) is 11.3. The Morgan fingerprint density at radius 3 is 1.02 bits per heavy atom. The Bertz CT molecular complexity index is 2100. The van der Waals surface area contributed by atoms with Gasteiger partial charge in [-0.05, 0) is 106 Å². The minimum Gasteiger partial charge on any atom is -0.245 e. The molecule has 2 nitrogen and oxygen atoms in total. The maximum atomic E-state index is 5.65. The number of nitrogens with zero attached hydrogens (tertiary/aromatic N) is 2. The molecule has 0 N–H and O–H groups in total. The van der Waals surface area contributed by atoms with Crippen LogP contribution in [0.4, 0.5) is 0 Å². The Hall–Kier alpha value is -5.08. The Morgan fingerprint density at radius 1 is 0.380 bits per heavy atom. The van der Waals surface area contributed by atoms with Crippen molar-refractivity contribution in [2.45, 2.75) is 80.1 Å². The number of aromatic nitrogens is 2. The summed E-state index contributed by atoms with van der Waals surface area (Å²) in [7, 11) is 0. The molecule has 0 aliphatic carbocycles. The van der Waals surface area contributed by atoms with Crippen molar-refractivity contribution in [3.05, 3.63) is 143 Å². The molecule has 0 unspecified atom stereocenters. The van der Waals surface area contributed by atoms with E-state index in [1.54, 1.807) is 0 Å². The minimum atomic E-state index is 0.958. The largest absolute Gasteiger partial charge is 0.245 e. The molecule has 0 saturated carbocycles. The van der Waals surface area contributed by atoms with E-state index in [0.717, 1.165) is 71.7 Å². The molecule has 5 aromatic carbocycles. The van der Waals surface area contributed by atoms with Crippen LogP contribution >= 0.6 is 0 Å². The molecule has 0 saturated heterocycles. The van der Waals surface area contributed by atoms with Crippen molar-refractivity contribution >= 4 is 21.8 Å². The van der Waals surface area contributed by atoms with Crippen LogP contribution in [-0.4, -0.2) is 9.97 Å². The molecule has 0 radical (unpaired) electrons. The normalized spacial score (nSPS) is 11.5. The molecule has 0 atom stereocenters. The maximum Gasteiger partial charge on any atom is 0.0978 e. The van der Waals surface area contributed by atoms with Crippen LogP contribution in [0.2, 0.25) is 0 Å². The summed E-state index contributed by atoms with van der Waals surface area (Å²) in [6.45, 7) is 13.6. The van der Waals surface area contributed by atoms with E-state index in [0.29, 0.717) is 0 Å². The number of hydrogen-bond donors (Lipinski definition) is 0. The van der Waals surface area contributed by atoms with Crippen LogP contribution in [0.25, 0.3) is 66.6 Å². The van der Waals surface area contributed by atoms with Crippen molar-refractivity contribution in [1.82, 2.24) is 9.97 Å². The monoisotopic (exact) mass is 652 g/mol. The van der Waals surface area contributed by atoms with Crippen LogP contribution in [0.1, 0.15) is 74.9 Å².